The van der Waals surface area contributed by atoms with Crippen LogP contribution in [0.3, 0.4) is 0 Å². The fourth-order valence-corrected chi connectivity index (χ4v) is 1.42. The molecule has 0 aliphatic rings. The average Bonchev–Trinajstić information content (AvgIpc) is 2.40. The molecule has 1 amide bonds. The number of amides is 1. The summed E-state index contributed by atoms with van der Waals surface area (Å²) in [6.45, 7) is 7.25. The third-order valence-corrected chi connectivity index (χ3v) is 3.38. The molecule has 1 aromatic rings. The van der Waals surface area contributed by atoms with Gasteiger partial charge in [0.05, 0.1) is 12.0 Å². The number of aliphatic carboxylic acids is 1. The van der Waals surface area contributed by atoms with Gasteiger partial charge >= 0.3 is 0 Å². The Labute approximate surface area is 119 Å². The highest BCUT2D eigenvalue weighted by Crippen LogP contribution is 2.23. The molecule has 0 bridgehead atoms. The van der Waals surface area contributed by atoms with Crippen molar-refractivity contribution in [1.29, 1.82) is 0 Å². The van der Waals surface area contributed by atoms with E-state index < -0.39 is 17.4 Å². The van der Waals surface area contributed by atoms with E-state index in [-0.39, 0.29) is 5.91 Å². The number of anilines is 2. The minimum atomic E-state index is -1.16. The Bertz CT molecular complexity index is 480. The van der Waals surface area contributed by atoms with Crippen LogP contribution in [-0.4, -0.2) is 17.9 Å². The molecule has 0 aliphatic carbocycles. The molecule has 0 saturated carbocycles. The molecule has 1 rings (SSSR count). The van der Waals surface area contributed by atoms with E-state index in [1.807, 2.05) is 20.8 Å². The summed E-state index contributed by atoms with van der Waals surface area (Å²) < 4.78 is 0. The lowest BCUT2D eigenvalue weighted by molar-refractivity contribution is -0.306. The van der Waals surface area contributed by atoms with Gasteiger partial charge in [-0.1, -0.05) is 20.8 Å². The first kappa shape index (κ1) is 16.0. The van der Waals surface area contributed by atoms with Gasteiger partial charge < -0.3 is 20.5 Å². The first-order chi connectivity index (χ1) is 9.26. The van der Waals surface area contributed by atoms with Crippen molar-refractivity contribution >= 4 is 23.3 Å². The van der Waals surface area contributed by atoms with E-state index in [0.29, 0.717) is 11.4 Å². The molecule has 1 unspecified atom stereocenters. The summed E-state index contributed by atoms with van der Waals surface area (Å²) in [5.74, 6) is -1.20. The molecule has 0 heterocycles. The van der Waals surface area contributed by atoms with Crippen LogP contribution in [0.1, 0.15) is 34.1 Å². The first-order valence-electron chi connectivity index (χ1n) is 6.65. The summed E-state index contributed by atoms with van der Waals surface area (Å²) >= 11 is 0. The predicted molar refractivity (Wildman–Crippen MR) is 77.2 cm³/mol. The molecule has 0 aromatic heterocycles. The van der Waals surface area contributed by atoms with E-state index >= 15 is 0 Å². The highest BCUT2D eigenvalue weighted by molar-refractivity contribution is 5.94. The largest absolute Gasteiger partial charge is 0.548 e. The third kappa shape index (κ3) is 4.26. The second kappa shape index (κ2) is 6.41. The number of benzene rings is 1. The van der Waals surface area contributed by atoms with Crippen LogP contribution in [-0.2, 0) is 9.59 Å². The molecule has 5 heteroatoms. The van der Waals surface area contributed by atoms with Crippen molar-refractivity contribution < 1.29 is 14.7 Å². The van der Waals surface area contributed by atoms with E-state index in [1.54, 1.807) is 24.3 Å². The Morgan fingerprint density at radius 1 is 1.20 bits per heavy atom. The summed E-state index contributed by atoms with van der Waals surface area (Å²) in [5.41, 5.74) is 0.929. The molecule has 0 fully saturated rings. The second-order valence-corrected chi connectivity index (χ2v) is 5.45. The van der Waals surface area contributed by atoms with Gasteiger partial charge in [-0.25, -0.2) is 0 Å². The van der Waals surface area contributed by atoms with Gasteiger partial charge in [0.1, 0.15) is 0 Å². The monoisotopic (exact) mass is 277 g/mol. The number of carboxylic acid groups (broad SMARTS) is 1. The zero-order chi connectivity index (χ0) is 15.3. The lowest BCUT2D eigenvalue weighted by Crippen LogP contribution is -2.38. The second-order valence-electron chi connectivity index (χ2n) is 5.45. The summed E-state index contributed by atoms with van der Waals surface area (Å²) in [5, 5.41) is 16.3. The summed E-state index contributed by atoms with van der Waals surface area (Å²) in [6.07, 6.45) is 0.752. The molecule has 1 atom stereocenters. The topological polar surface area (TPSA) is 81.3 Å². The first-order valence-corrected chi connectivity index (χ1v) is 6.65. The van der Waals surface area contributed by atoms with E-state index in [4.69, 9.17) is 0 Å². The molecule has 0 aliphatic heterocycles. The van der Waals surface area contributed by atoms with Crippen molar-refractivity contribution in [2.24, 2.45) is 5.41 Å². The van der Waals surface area contributed by atoms with Crippen LogP contribution in [0, 0.1) is 5.41 Å². The Balaban J connectivity index is 2.68. The Morgan fingerprint density at radius 3 is 2.15 bits per heavy atom. The summed E-state index contributed by atoms with van der Waals surface area (Å²) in [7, 11) is 0. The summed E-state index contributed by atoms with van der Waals surface area (Å²) in [4.78, 5) is 22.6. The van der Waals surface area contributed by atoms with Crippen molar-refractivity contribution in [2.75, 3.05) is 10.6 Å². The van der Waals surface area contributed by atoms with Gasteiger partial charge in [0.15, 0.2) is 0 Å². The minimum absolute atomic E-state index is 0.0381. The number of nitrogens with one attached hydrogen (secondary N) is 2. The van der Waals surface area contributed by atoms with Gasteiger partial charge in [-0.15, -0.1) is 0 Å². The molecule has 0 saturated heterocycles. The zero-order valence-electron chi connectivity index (χ0n) is 12.3. The smallest absolute Gasteiger partial charge is 0.230 e. The minimum Gasteiger partial charge on any atom is -0.548 e. The maximum Gasteiger partial charge on any atom is 0.230 e. The zero-order valence-corrected chi connectivity index (χ0v) is 12.3. The molecule has 0 radical (unpaired) electrons. The third-order valence-electron chi connectivity index (χ3n) is 3.38. The lowest BCUT2D eigenvalue weighted by Gasteiger charge is -2.21. The highest BCUT2D eigenvalue weighted by atomic mass is 16.4. The molecule has 20 heavy (non-hydrogen) atoms. The van der Waals surface area contributed by atoms with Crippen LogP contribution >= 0.6 is 0 Å². The van der Waals surface area contributed by atoms with Crippen LogP contribution in [0.25, 0.3) is 0 Å². The van der Waals surface area contributed by atoms with Crippen LogP contribution < -0.4 is 15.7 Å². The molecule has 1 aromatic carbocycles. The van der Waals surface area contributed by atoms with Crippen molar-refractivity contribution in [3.8, 4) is 0 Å². The van der Waals surface area contributed by atoms with Crippen molar-refractivity contribution in [2.45, 2.75) is 40.2 Å². The molecule has 2 N–H and O–H groups in total. The number of carbonyl (C=O) groups is 2. The SMILES string of the molecule is CCC(C)(C)C(=O)Nc1ccc(NC(C)C(=O)[O-])cc1. The molecule has 0 spiro atoms. The van der Waals surface area contributed by atoms with E-state index in [1.165, 1.54) is 6.92 Å². The van der Waals surface area contributed by atoms with Crippen molar-refractivity contribution in [3.63, 3.8) is 0 Å². The van der Waals surface area contributed by atoms with Gasteiger partial charge in [-0.2, -0.15) is 0 Å². The van der Waals surface area contributed by atoms with Gasteiger partial charge in [0.2, 0.25) is 5.91 Å². The highest BCUT2D eigenvalue weighted by Gasteiger charge is 2.25. The van der Waals surface area contributed by atoms with E-state index in [0.717, 1.165) is 6.42 Å². The van der Waals surface area contributed by atoms with Crippen molar-refractivity contribution in [1.82, 2.24) is 0 Å². The van der Waals surface area contributed by atoms with E-state index in [2.05, 4.69) is 10.6 Å². The maximum atomic E-state index is 12.0. The van der Waals surface area contributed by atoms with Gasteiger partial charge in [0, 0.05) is 16.8 Å². The Hall–Kier alpha value is -2.04. The lowest BCUT2D eigenvalue weighted by atomic mass is 9.89. The summed E-state index contributed by atoms with van der Waals surface area (Å²) in [6, 6.07) is 6.12. The number of hydrogen-bond acceptors (Lipinski definition) is 4. The molecular formula is C15H21N2O3-. The van der Waals surface area contributed by atoms with Gasteiger partial charge in [0.25, 0.3) is 0 Å². The number of hydrogen-bond donors (Lipinski definition) is 2. The maximum absolute atomic E-state index is 12.0. The fourth-order valence-electron chi connectivity index (χ4n) is 1.42. The molecular weight excluding hydrogens is 256 g/mol. The van der Waals surface area contributed by atoms with E-state index in [9.17, 15) is 14.7 Å². The fraction of sp³-hybridized carbons (Fsp3) is 0.467. The molecule has 110 valence electrons. The van der Waals surface area contributed by atoms with Crippen LogP contribution in [0.2, 0.25) is 0 Å². The predicted octanol–water partition coefficient (Wildman–Crippen LogP) is 1.61. The van der Waals surface area contributed by atoms with Crippen molar-refractivity contribution in [3.05, 3.63) is 24.3 Å². The number of carbonyl (C=O) groups excluding carboxylic acids is 2. The quantitative estimate of drug-likeness (QED) is 0.827. The van der Waals surface area contributed by atoms with Gasteiger partial charge in [-0.3, -0.25) is 4.79 Å². The normalized spacial score (nSPS) is 12.6. The standard InChI is InChI=1S/C15H22N2O3/c1-5-15(3,4)14(20)17-12-8-6-11(7-9-12)16-10(2)13(18)19/h6-10,16H,5H2,1-4H3,(H,17,20)(H,18,19)/p-1. The van der Waals surface area contributed by atoms with Gasteiger partial charge in [-0.05, 0) is 37.6 Å². The molecule has 5 nitrogen and oxygen atoms in total. The Morgan fingerprint density at radius 2 is 1.70 bits per heavy atom. The number of carboxylic acids is 1. The van der Waals surface area contributed by atoms with Crippen LogP contribution in [0.15, 0.2) is 24.3 Å². The van der Waals surface area contributed by atoms with Crippen LogP contribution in [0.4, 0.5) is 11.4 Å². The number of rotatable bonds is 6. The van der Waals surface area contributed by atoms with Crippen LogP contribution in [0.5, 0.6) is 0 Å². The Kier molecular flexibility index (Phi) is 5.13. The average molecular weight is 277 g/mol.